The van der Waals surface area contributed by atoms with Crippen molar-refractivity contribution in [3.05, 3.63) is 175 Å². The smallest absolute Gasteiger partial charge is 0.0433 e. The van der Waals surface area contributed by atoms with Crippen LogP contribution in [0.25, 0.3) is 0 Å². The first-order chi connectivity index (χ1) is 38.7. The molecule has 1 heteroatoms. The van der Waals surface area contributed by atoms with E-state index in [1.54, 1.807) is 0 Å². The van der Waals surface area contributed by atoms with Crippen LogP contribution in [-0.4, -0.2) is 11.7 Å². The van der Waals surface area contributed by atoms with Crippen molar-refractivity contribution in [2.24, 2.45) is 5.92 Å². The molecule has 0 amide bonds. The predicted molar refractivity (Wildman–Crippen MR) is 371 cm³/mol. The van der Waals surface area contributed by atoms with E-state index >= 15 is 0 Å². The van der Waals surface area contributed by atoms with Gasteiger partial charge in [-0.3, -0.25) is 0 Å². The lowest BCUT2D eigenvalue weighted by Gasteiger charge is -2.07. The number of allylic oxidation sites excluding steroid dienone is 30. The maximum Gasteiger partial charge on any atom is 0.0433 e. The van der Waals surface area contributed by atoms with E-state index in [1.807, 2.05) is 0 Å². The number of rotatable bonds is 47. The molecule has 0 saturated carbocycles. The Balaban J connectivity index is 4.32. The van der Waals surface area contributed by atoms with Crippen LogP contribution in [0.3, 0.4) is 0 Å². The lowest BCUT2D eigenvalue weighted by molar-refractivity contribution is 0.259. The van der Waals surface area contributed by atoms with Gasteiger partial charge in [0.2, 0.25) is 0 Å². The van der Waals surface area contributed by atoms with Crippen molar-refractivity contribution in [2.75, 3.05) is 6.61 Å². The quantitative estimate of drug-likeness (QED) is 0.0602. The molecule has 0 aliphatic heterocycles. The highest BCUT2D eigenvalue weighted by atomic mass is 16.3. The molecular formula is C80H132O. The Morgan fingerprint density at radius 1 is 0.210 bits per heavy atom. The van der Waals surface area contributed by atoms with Crippen molar-refractivity contribution < 1.29 is 5.11 Å². The fourth-order valence-electron chi connectivity index (χ4n) is 10.1. The minimum atomic E-state index is 0.309. The van der Waals surface area contributed by atoms with Gasteiger partial charge < -0.3 is 5.11 Å². The van der Waals surface area contributed by atoms with Crippen molar-refractivity contribution in [2.45, 2.75) is 317 Å². The maximum atomic E-state index is 9.10. The lowest BCUT2D eigenvalue weighted by Crippen LogP contribution is -1.97. The van der Waals surface area contributed by atoms with Gasteiger partial charge >= 0.3 is 0 Å². The second kappa shape index (κ2) is 51.7. The Morgan fingerprint density at radius 3 is 0.481 bits per heavy atom. The average Bonchev–Trinajstić information content (AvgIpc) is 3.38. The number of aliphatic hydroxyl groups is 1. The predicted octanol–water partition coefficient (Wildman–Crippen LogP) is 26.9. The van der Waals surface area contributed by atoms with Gasteiger partial charge in [-0.1, -0.05) is 182 Å². The van der Waals surface area contributed by atoms with Crippen LogP contribution in [0.2, 0.25) is 0 Å². The van der Waals surface area contributed by atoms with Gasteiger partial charge in [0.1, 0.15) is 0 Å². The minimum absolute atomic E-state index is 0.309. The van der Waals surface area contributed by atoms with E-state index in [0.29, 0.717) is 12.5 Å². The summed E-state index contributed by atoms with van der Waals surface area (Å²) in [6, 6.07) is 0. The van der Waals surface area contributed by atoms with Gasteiger partial charge in [0.15, 0.2) is 0 Å². The van der Waals surface area contributed by atoms with Crippen molar-refractivity contribution in [1.82, 2.24) is 0 Å². The van der Waals surface area contributed by atoms with Crippen LogP contribution in [0.1, 0.15) is 317 Å². The Kier molecular flexibility index (Phi) is 49.2. The zero-order chi connectivity index (χ0) is 60.5. The first-order valence-corrected chi connectivity index (χ1v) is 33.1. The van der Waals surface area contributed by atoms with Gasteiger partial charge in [-0.15, -0.1) is 0 Å². The van der Waals surface area contributed by atoms with Crippen molar-refractivity contribution in [1.29, 1.82) is 0 Å². The Bertz CT molecular complexity index is 2170. The van der Waals surface area contributed by atoms with Gasteiger partial charge in [-0.05, 0) is 316 Å². The molecule has 0 rings (SSSR count). The van der Waals surface area contributed by atoms with Crippen LogP contribution in [0, 0.1) is 5.92 Å². The Labute approximate surface area is 506 Å². The van der Waals surface area contributed by atoms with Crippen LogP contribution in [0.4, 0.5) is 0 Å². The van der Waals surface area contributed by atoms with Gasteiger partial charge in [0.25, 0.3) is 0 Å². The summed E-state index contributed by atoms with van der Waals surface area (Å²) in [6.07, 6.45) is 72.6. The van der Waals surface area contributed by atoms with Gasteiger partial charge in [0.05, 0.1) is 0 Å². The first kappa shape index (κ1) is 77.1. The molecule has 0 aliphatic rings. The summed E-state index contributed by atoms with van der Waals surface area (Å²) in [5.74, 6) is 0.612. The van der Waals surface area contributed by atoms with Gasteiger partial charge in [-0.2, -0.15) is 0 Å². The summed E-state index contributed by atoms with van der Waals surface area (Å²) < 4.78 is 0. The van der Waals surface area contributed by atoms with E-state index in [4.69, 9.17) is 5.11 Å². The summed E-state index contributed by atoms with van der Waals surface area (Å²) in [7, 11) is 0. The minimum Gasteiger partial charge on any atom is -0.396 e. The van der Waals surface area contributed by atoms with Crippen molar-refractivity contribution in [3.63, 3.8) is 0 Å². The number of aliphatic hydroxyl groups excluding tert-OH is 1. The summed E-state index contributed by atoms with van der Waals surface area (Å²) in [4.78, 5) is 0. The summed E-state index contributed by atoms with van der Waals surface area (Å²) in [5.41, 5.74) is 22.8. The van der Waals surface area contributed by atoms with Crippen LogP contribution >= 0.6 is 0 Å². The first-order valence-electron chi connectivity index (χ1n) is 33.1. The molecule has 0 aromatic carbocycles. The van der Waals surface area contributed by atoms with E-state index in [1.165, 1.54) is 180 Å². The fraction of sp³-hybridized carbons (Fsp3) is 0.625. The molecule has 458 valence electrons. The molecular weight excluding hydrogens is 977 g/mol. The summed E-state index contributed by atoms with van der Waals surface area (Å²) in [5, 5.41) is 9.10. The molecule has 0 radical (unpaired) electrons. The van der Waals surface area contributed by atoms with Crippen molar-refractivity contribution >= 4 is 0 Å². The fourth-order valence-corrected chi connectivity index (χ4v) is 10.1. The molecule has 0 saturated heterocycles. The molecule has 0 aromatic heterocycles. The standard InChI is InChI=1S/C80H132O/c1-65(2)33-18-34-66(3)35-19-36-67(4)37-20-38-68(5)39-21-40-69(6)41-22-42-70(7)43-23-44-71(8)45-24-46-72(9)47-25-48-73(10)49-26-50-74(11)51-27-52-75(12)53-28-54-76(13)55-29-56-77(14)57-30-58-78(15)59-31-60-79(16)61-32-62-80(17)63-64-81/h33,35,37,39,41,43,45,47,49,51,53,55,57,59,61,80-81H,18-32,34,36,38,40,42,44,46,48,50,52,54,56,58,60,62-64H2,1-17H3/b66-35+,67-37+,68-39+,69-41-,70-43+,71-45-,72-47+,73-49+,74-51+,75-53+,76-55+,77-57+,78-59+,79-61+. The highest BCUT2D eigenvalue weighted by Crippen LogP contribution is 2.21. The van der Waals surface area contributed by atoms with Gasteiger partial charge in [-0.25, -0.2) is 0 Å². The van der Waals surface area contributed by atoms with E-state index in [-0.39, 0.29) is 0 Å². The lowest BCUT2D eigenvalue weighted by atomic mass is 10.0. The van der Waals surface area contributed by atoms with Crippen LogP contribution in [-0.2, 0) is 0 Å². The molecule has 0 aliphatic carbocycles. The van der Waals surface area contributed by atoms with Crippen LogP contribution in [0.15, 0.2) is 175 Å². The van der Waals surface area contributed by atoms with E-state index in [0.717, 1.165) is 103 Å². The second-order valence-electron chi connectivity index (χ2n) is 25.7. The SMILES string of the molecule is CC(C)=CCC/C(C)=C/CC/C(C)=C/CC/C(C)=C/CC/C(C)=C\CC/C(C)=C/CC/C(C)=C\CC/C(C)=C/CC/C(C)=C/CC/C(C)=C/CC/C(C)=C/CC/C(C)=C/CC/C(C)=C/CC/C(C)=C/CC/C(C)=C/CCC(C)CCO. The van der Waals surface area contributed by atoms with E-state index in [9.17, 15) is 0 Å². The topological polar surface area (TPSA) is 20.2 Å². The highest BCUT2D eigenvalue weighted by molar-refractivity contribution is 5.13. The largest absolute Gasteiger partial charge is 0.396 e. The molecule has 1 nitrogen and oxygen atoms in total. The molecule has 0 fully saturated rings. The van der Waals surface area contributed by atoms with Gasteiger partial charge in [0, 0.05) is 6.61 Å². The molecule has 0 bridgehead atoms. The Hall–Kier alpha value is -3.94. The normalized spacial score (nSPS) is 15.4. The highest BCUT2D eigenvalue weighted by Gasteiger charge is 2.02. The summed E-state index contributed by atoms with van der Waals surface area (Å²) >= 11 is 0. The Morgan fingerprint density at radius 2 is 0.346 bits per heavy atom. The van der Waals surface area contributed by atoms with E-state index < -0.39 is 0 Å². The third kappa shape index (κ3) is 52.6. The van der Waals surface area contributed by atoms with Crippen LogP contribution < -0.4 is 0 Å². The van der Waals surface area contributed by atoms with E-state index in [2.05, 4.69) is 209 Å². The molecule has 0 heterocycles. The third-order valence-corrected chi connectivity index (χ3v) is 16.3. The molecule has 1 atom stereocenters. The molecule has 0 spiro atoms. The number of hydrogen-bond acceptors (Lipinski definition) is 1. The van der Waals surface area contributed by atoms with Crippen LogP contribution in [0.5, 0.6) is 0 Å². The van der Waals surface area contributed by atoms with Crippen molar-refractivity contribution in [3.8, 4) is 0 Å². The molecule has 0 aromatic rings. The third-order valence-electron chi connectivity index (χ3n) is 16.3. The molecule has 81 heavy (non-hydrogen) atoms. The molecule has 1 unspecified atom stereocenters. The maximum absolute atomic E-state index is 9.10. The monoisotopic (exact) mass is 1110 g/mol. The average molecular weight is 1110 g/mol. The summed E-state index contributed by atoms with van der Waals surface area (Å²) in [6.45, 7) is 39.2. The zero-order valence-corrected chi connectivity index (χ0v) is 56.8. The molecule has 1 N–H and O–H groups in total. The zero-order valence-electron chi connectivity index (χ0n) is 56.8. The second-order valence-corrected chi connectivity index (χ2v) is 25.7. The number of hydrogen-bond donors (Lipinski definition) is 1.